The van der Waals surface area contributed by atoms with E-state index in [0.29, 0.717) is 5.33 Å². The summed E-state index contributed by atoms with van der Waals surface area (Å²) >= 11 is 14.1. The molecule has 168 valence electrons. The smallest absolute Gasteiger partial charge is 0.383 e. The molecule has 0 bridgehead atoms. The van der Waals surface area contributed by atoms with Crippen molar-refractivity contribution in [2.75, 3.05) is 17.7 Å². The first-order valence-corrected chi connectivity index (χ1v) is 11.3. The van der Waals surface area contributed by atoms with E-state index in [9.17, 15) is 39.9 Å². The highest BCUT2D eigenvalue weighted by Gasteiger charge is 2.41. The second kappa shape index (κ2) is 9.90. The summed E-state index contributed by atoms with van der Waals surface area (Å²) < 4.78 is 107. The van der Waals surface area contributed by atoms with Crippen molar-refractivity contribution in [3.8, 4) is 0 Å². The molecule has 1 aromatic carbocycles. The molecule has 1 N–H and O–H groups in total. The zero-order chi connectivity index (χ0) is 22.7. The van der Waals surface area contributed by atoms with Gasteiger partial charge >= 0.3 is 12.4 Å². The summed E-state index contributed by atoms with van der Waals surface area (Å²) in [6.07, 6.45) is -11.0. The summed E-state index contributed by atoms with van der Waals surface area (Å²) in [6.45, 7) is -1.17. The molecule has 14 heteroatoms. The Balaban J connectivity index is 3.45. The highest BCUT2D eigenvalue weighted by Crippen LogP contribution is 2.40. The van der Waals surface area contributed by atoms with Crippen molar-refractivity contribution in [3.05, 3.63) is 34.9 Å². The van der Waals surface area contributed by atoms with E-state index in [-0.39, 0.29) is 24.6 Å². The molecular formula is C15H15BrCl2F6O4S. The Labute approximate surface area is 181 Å². The summed E-state index contributed by atoms with van der Waals surface area (Å²) in [5, 5.41) is 11.0. The van der Waals surface area contributed by atoms with Crippen molar-refractivity contribution >= 4 is 49.2 Å². The van der Waals surface area contributed by atoms with E-state index in [1.807, 2.05) is 0 Å². The minimum Gasteiger partial charge on any atom is -0.383 e. The lowest BCUT2D eigenvalue weighted by Crippen LogP contribution is -2.36. The Hall–Kier alpha value is -0.270. The Kier molecular flexibility index (Phi) is 9.14. The lowest BCUT2D eigenvalue weighted by Gasteiger charge is -2.30. The third-order valence-electron chi connectivity index (χ3n) is 3.62. The number of benzene rings is 1. The van der Waals surface area contributed by atoms with Gasteiger partial charge in [0.2, 0.25) is 0 Å². The van der Waals surface area contributed by atoms with E-state index < -0.39 is 68.4 Å². The lowest BCUT2D eigenvalue weighted by atomic mass is 9.89. The van der Waals surface area contributed by atoms with Gasteiger partial charge in [-0.15, -0.1) is 23.2 Å². The molecule has 0 aromatic heterocycles. The maximum atomic E-state index is 13.1. The minimum absolute atomic E-state index is 0.121. The third-order valence-corrected chi connectivity index (χ3v) is 5.76. The number of alkyl halides is 9. The van der Waals surface area contributed by atoms with Crippen molar-refractivity contribution in [2.24, 2.45) is 0 Å². The number of halogens is 9. The summed E-state index contributed by atoms with van der Waals surface area (Å²) in [5.74, 6) is -0.490. The molecule has 0 spiro atoms. The van der Waals surface area contributed by atoms with Crippen LogP contribution in [-0.2, 0) is 32.3 Å². The van der Waals surface area contributed by atoms with Crippen LogP contribution in [0.25, 0.3) is 0 Å². The van der Waals surface area contributed by atoms with Crippen molar-refractivity contribution < 1.29 is 44.0 Å². The zero-order valence-corrected chi connectivity index (χ0v) is 18.2. The second-order valence-corrected chi connectivity index (χ2v) is 9.82. The Bertz CT molecular complexity index is 769. The highest BCUT2D eigenvalue weighted by molar-refractivity contribution is 9.09. The molecule has 0 aliphatic carbocycles. The van der Waals surface area contributed by atoms with Crippen LogP contribution in [0.1, 0.15) is 29.5 Å². The highest BCUT2D eigenvalue weighted by atomic mass is 79.9. The van der Waals surface area contributed by atoms with Gasteiger partial charge in [-0.05, 0) is 30.2 Å². The standard InChI is InChI=1S/C15H15BrCl2F6O4S/c16-2-1-3-29(26,27)28-8-13(25,7-12(17)18)9-4-10(14(19,20)21)6-11(5-9)15(22,23)24/h4-6,12,25H,1-3,7-8H2. The van der Waals surface area contributed by atoms with Gasteiger partial charge in [0.25, 0.3) is 10.1 Å². The van der Waals surface area contributed by atoms with Gasteiger partial charge in [0.1, 0.15) is 10.4 Å². The molecule has 29 heavy (non-hydrogen) atoms. The fourth-order valence-corrected chi connectivity index (χ4v) is 4.37. The van der Waals surface area contributed by atoms with Gasteiger partial charge < -0.3 is 5.11 Å². The predicted molar refractivity (Wildman–Crippen MR) is 98.6 cm³/mol. The quantitative estimate of drug-likeness (QED) is 0.257. The van der Waals surface area contributed by atoms with Crippen LogP contribution in [0.15, 0.2) is 18.2 Å². The van der Waals surface area contributed by atoms with Crippen LogP contribution in [0.3, 0.4) is 0 Å². The minimum atomic E-state index is -5.17. The maximum absolute atomic E-state index is 13.1. The average Bonchev–Trinajstić information content (AvgIpc) is 2.56. The van der Waals surface area contributed by atoms with Gasteiger partial charge in [-0.1, -0.05) is 15.9 Å². The molecule has 0 saturated carbocycles. The number of hydrogen-bond donors (Lipinski definition) is 1. The molecule has 0 radical (unpaired) electrons. The first-order chi connectivity index (χ1) is 13.0. The van der Waals surface area contributed by atoms with Crippen molar-refractivity contribution in [2.45, 2.75) is 35.6 Å². The first-order valence-electron chi connectivity index (χ1n) is 7.74. The van der Waals surface area contributed by atoms with Crippen LogP contribution in [0.4, 0.5) is 26.3 Å². The Morgan fingerprint density at radius 1 is 1.00 bits per heavy atom. The van der Waals surface area contributed by atoms with E-state index in [1.54, 1.807) is 0 Å². The van der Waals surface area contributed by atoms with Gasteiger partial charge in [-0.2, -0.15) is 34.8 Å². The van der Waals surface area contributed by atoms with Crippen LogP contribution in [-0.4, -0.2) is 36.1 Å². The normalized spacial score (nSPS) is 15.6. The van der Waals surface area contributed by atoms with Crippen molar-refractivity contribution in [3.63, 3.8) is 0 Å². The van der Waals surface area contributed by atoms with Crippen molar-refractivity contribution in [1.29, 1.82) is 0 Å². The molecule has 1 aromatic rings. The Morgan fingerprint density at radius 2 is 1.45 bits per heavy atom. The lowest BCUT2D eigenvalue weighted by molar-refractivity contribution is -0.143. The number of aliphatic hydroxyl groups is 1. The molecule has 4 nitrogen and oxygen atoms in total. The fourth-order valence-electron chi connectivity index (χ4n) is 2.22. The van der Waals surface area contributed by atoms with Crippen molar-refractivity contribution in [1.82, 2.24) is 0 Å². The molecule has 1 unspecified atom stereocenters. The summed E-state index contributed by atoms with van der Waals surface area (Å²) in [7, 11) is -4.22. The molecule has 0 heterocycles. The second-order valence-electron chi connectivity index (χ2n) is 5.99. The predicted octanol–water partition coefficient (Wildman–Crippen LogP) is 5.24. The summed E-state index contributed by atoms with van der Waals surface area (Å²) in [6, 6.07) is 0.399. The van der Waals surface area contributed by atoms with Crippen LogP contribution in [0.2, 0.25) is 0 Å². The monoisotopic (exact) mass is 554 g/mol. The molecule has 0 saturated heterocycles. The largest absolute Gasteiger partial charge is 0.416 e. The topological polar surface area (TPSA) is 63.6 Å². The van der Waals surface area contributed by atoms with E-state index in [1.165, 1.54) is 0 Å². The van der Waals surface area contributed by atoms with Crippen LogP contribution >= 0.6 is 39.1 Å². The van der Waals surface area contributed by atoms with Gasteiger partial charge in [-0.25, -0.2) is 0 Å². The van der Waals surface area contributed by atoms with E-state index in [2.05, 4.69) is 20.1 Å². The van der Waals surface area contributed by atoms with Crippen LogP contribution < -0.4 is 0 Å². The average molecular weight is 556 g/mol. The fraction of sp³-hybridized carbons (Fsp3) is 0.600. The maximum Gasteiger partial charge on any atom is 0.416 e. The van der Waals surface area contributed by atoms with Gasteiger partial charge in [0, 0.05) is 11.8 Å². The molecule has 0 fully saturated rings. The van der Waals surface area contributed by atoms with E-state index in [4.69, 9.17) is 23.2 Å². The zero-order valence-electron chi connectivity index (χ0n) is 14.3. The van der Waals surface area contributed by atoms with E-state index in [0.717, 1.165) is 0 Å². The summed E-state index contributed by atoms with van der Waals surface area (Å²) in [4.78, 5) is -1.45. The summed E-state index contributed by atoms with van der Waals surface area (Å²) in [5.41, 5.74) is -6.91. The molecule has 1 rings (SSSR count). The van der Waals surface area contributed by atoms with Crippen LogP contribution in [0.5, 0.6) is 0 Å². The molecular weight excluding hydrogens is 541 g/mol. The molecule has 0 aliphatic heterocycles. The van der Waals surface area contributed by atoms with Gasteiger partial charge in [0.15, 0.2) is 0 Å². The van der Waals surface area contributed by atoms with Gasteiger partial charge in [-0.3, -0.25) is 4.18 Å². The molecule has 0 aliphatic rings. The molecule has 1 atom stereocenters. The Morgan fingerprint density at radius 3 is 1.83 bits per heavy atom. The molecule has 0 amide bonds. The number of hydrogen-bond acceptors (Lipinski definition) is 4. The number of rotatable bonds is 9. The SMILES string of the molecule is O=S(=O)(CCCBr)OCC(O)(CC(Cl)Cl)c1cc(C(F)(F)F)cc(C(F)(F)F)c1. The van der Waals surface area contributed by atoms with E-state index >= 15 is 0 Å². The first kappa shape index (κ1) is 26.8. The third kappa shape index (κ3) is 8.41. The van der Waals surface area contributed by atoms with Gasteiger partial charge in [0.05, 0.1) is 23.5 Å². The van der Waals surface area contributed by atoms with Crippen LogP contribution in [0, 0.1) is 0 Å².